The molecule has 0 fully saturated rings. The van der Waals surface area contributed by atoms with Crippen molar-refractivity contribution in [3.63, 3.8) is 0 Å². The summed E-state index contributed by atoms with van der Waals surface area (Å²) in [5, 5.41) is 8.71. The summed E-state index contributed by atoms with van der Waals surface area (Å²) in [6, 6.07) is 15.1. The van der Waals surface area contributed by atoms with Gasteiger partial charge in [0.1, 0.15) is 5.75 Å². The number of halogens is 2. The fourth-order valence-electron chi connectivity index (χ4n) is 3.29. The second kappa shape index (κ2) is 9.56. The topological polar surface area (TPSA) is 91.0 Å². The van der Waals surface area contributed by atoms with Crippen LogP contribution in [-0.2, 0) is 16.6 Å². The number of nitrogens with one attached hydrogen (secondary N) is 1. The van der Waals surface area contributed by atoms with Gasteiger partial charge in [-0.2, -0.15) is 0 Å². The molecule has 2 aromatic heterocycles. The Balaban J connectivity index is 1.52. The molecule has 33 heavy (non-hydrogen) atoms. The predicted octanol–water partition coefficient (Wildman–Crippen LogP) is 5.23. The van der Waals surface area contributed by atoms with Gasteiger partial charge in [0.2, 0.25) is 10.0 Å². The fraction of sp³-hybridized carbons (Fsp3) is 0.182. The van der Waals surface area contributed by atoms with E-state index in [-0.39, 0.29) is 21.0 Å². The molecule has 0 saturated carbocycles. The third kappa shape index (κ3) is 5.06. The molecular formula is C22H21Cl2N5O3S. The van der Waals surface area contributed by atoms with Crippen molar-refractivity contribution in [1.29, 1.82) is 0 Å². The van der Waals surface area contributed by atoms with Crippen molar-refractivity contribution in [1.82, 2.24) is 24.1 Å². The summed E-state index contributed by atoms with van der Waals surface area (Å²) in [7, 11) is -3.87. The molecule has 0 aliphatic carbocycles. The molecule has 4 rings (SSSR count). The summed E-state index contributed by atoms with van der Waals surface area (Å²) in [4.78, 5) is 0.00516. The lowest BCUT2D eigenvalue weighted by atomic mass is 10.3. The van der Waals surface area contributed by atoms with Crippen LogP contribution in [0, 0.1) is 0 Å². The summed E-state index contributed by atoms with van der Waals surface area (Å²) in [6.07, 6.45) is 3.91. The first-order valence-electron chi connectivity index (χ1n) is 10.1. The molecular weight excluding hydrogens is 485 g/mol. The highest BCUT2D eigenvalue weighted by molar-refractivity contribution is 7.89. The molecule has 0 unspecified atom stereocenters. The molecule has 0 spiro atoms. The van der Waals surface area contributed by atoms with Gasteiger partial charge >= 0.3 is 6.01 Å². The van der Waals surface area contributed by atoms with Crippen molar-refractivity contribution in [3.05, 3.63) is 82.9 Å². The van der Waals surface area contributed by atoms with E-state index in [4.69, 9.17) is 27.9 Å². The highest BCUT2D eigenvalue weighted by Gasteiger charge is 2.24. The molecule has 0 aliphatic rings. The van der Waals surface area contributed by atoms with Crippen LogP contribution < -0.4 is 9.46 Å². The Morgan fingerprint density at radius 1 is 1.03 bits per heavy atom. The molecule has 2 heterocycles. The SMILES string of the molecule is CCn1c(Oc2ccc(-n3cccc3)cc2)nnc1[C@@H](C)NS(=O)(=O)c1ccc(Cl)c(Cl)c1. The third-order valence-corrected chi connectivity index (χ3v) is 7.21. The number of hydrogen-bond acceptors (Lipinski definition) is 5. The largest absolute Gasteiger partial charge is 0.424 e. The van der Waals surface area contributed by atoms with Crippen LogP contribution in [0.5, 0.6) is 11.8 Å². The van der Waals surface area contributed by atoms with Crippen molar-refractivity contribution < 1.29 is 13.2 Å². The van der Waals surface area contributed by atoms with Crippen LogP contribution >= 0.6 is 23.2 Å². The van der Waals surface area contributed by atoms with Gasteiger partial charge in [-0.1, -0.05) is 28.3 Å². The van der Waals surface area contributed by atoms with Gasteiger partial charge in [-0.15, -0.1) is 5.10 Å². The second-order valence-electron chi connectivity index (χ2n) is 7.19. The van der Waals surface area contributed by atoms with Gasteiger partial charge < -0.3 is 9.30 Å². The molecule has 0 aliphatic heterocycles. The van der Waals surface area contributed by atoms with Crippen LogP contribution in [0.1, 0.15) is 25.7 Å². The van der Waals surface area contributed by atoms with E-state index in [0.717, 1.165) is 5.69 Å². The average molecular weight is 506 g/mol. The monoisotopic (exact) mass is 505 g/mol. The van der Waals surface area contributed by atoms with Gasteiger partial charge in [0.15, 0.2) is 5.82 Å². The van der Waals surface area contributed by atoms with E-state index in [0.29, 0.717) is 18.1 Å². The summed E-state index contributed by atoms with van der Waals surface area (Å²) >= 11 is 11.9. The van der Waals surface area contributed by atoms with Crippen molar-refractivity contribution in [2.45, 2.75) is 31.3 Å². The molecule has 2 aromatic carbocycles. The van der Waals surface area contributed by atoms with E-state index in [2.05, 4.69) is 14.9 Å². The Morgan fingerprint density at radius 3 is 2.36 bits per heavy atom. The van der Waals surface area contributed by atoms with E-state index in [1.165, 1.54) is 18.2 Å². The molecule has 0 radical (unpaired) electrons. The molecule has 0 bridgehead atoms. The Hall–Kier alpha value is -2.85. The molecule has 11 heteroatoms. The summed E-state index contributed by atoms with van der Waals surface area (Å²) in [6.45, 7) is 4.06. The zero-order chi connectivity index (χ0) is 23.6. The van der Waals surface area contributed by atoms with Crippen LogP contribution in [0.25, 0.3) is 5.69 Å². The van der Waals surface area contributed by atoms with Gasteiger partial charge in [-0.05, 0) is 68.4 Å². The summed E-state index contributed by atoms with van der Waals surface area (Å²) < 4.78 is 37.8. The van der Waals surface area contributed by atoms with E-state index in [1.807, 2.05) is 60.3 Å². The molecule has 0 amide bonds. The van der Waals surface area contributed by atoms with Gasteiger partial charge in [-0.25, -0.2) is 13.1 Å². The lowest BCUT2D eigenvalue weighted by molar-refractivity contribution is 0.408. The standard InChI is InChI=1S/C22H21Cl2N5O3S/c1-3-29-21(15(2)27-33(30,31)18-10-11-19(23)20(24)14-18)25-26-22(29)32-17-8-6-16(7-9-17)28-12-4-5-13-28/h4-15,27H,3H2,1-2H3/t15-/m1/s1. The van der Waals surface area contributed by atoms with Gasteiger partial charge in [0.05, 0.1) is 21.0 Å². The Kier molecular flexibility index (Phi) is 6.76. The quantitative estimate of drug-likeness (QED) is 0.354. The molecule has 4 aromatic rings. The number of rotatable bonds is 8. The average Bonchev–Trinajstić information content (AvgIpc) is 3.46. The first-order chi connectivity index (χ1) is 15.8. The maximum Gasteiger partial charge on any atom is 0.322 e. The number of sulfonamides is 1. The van der Waals surface area contributed by atoms with E-state index in [1.54, 1.807) is 11.5 Å². The first-order valence-corrected chi connectivity index (χ1v) is 12.3. The number of benzene rings is 2. The number of nitrogens with zero attached hydrogens (tertiary/aromatic N) is 4. The second-order valence-corrected chi connectivity index (χ2v) is 9.72. The normalized spacial score (nSPS) is 12.6. The highest BCUT2D eigenvalue weighted by Crippen LogP contribution is 2.27. The van der Waals surface area contributed by atoms with Crippen LogP contribution in [-0.4, -0.2) is 27.7 Å². The predicted molar refractivity (Wildman–Crippen MR) is 127 cm³/mol. The molecule has 172 valence electrons. The van der Waals surface area contributed by atoms with Crippen LogP contribution in [0.2, 0.25) is 10.0 Å². The van der Waals surface area contributed by atoms with Crippen LogP contribution in [0.3, 0.4) is 0 Å². The first kappa shape index (κ1) is 23.3. The molecule has 1 atom stereocenters. The van der Waals surface area contributed by atoms with Crippen LogP contribution in [0.15, 0.2) is 71.9 Å². The minimum Gasteiger partial charge on any atom is -0.424 e. The minimum atomic E-state index is -3.87. The number of aromatic nitrogens is 4. The van der Waals surface area contributed by atoms with Crippen molar-refractivity contribution >= 4 is 33.2 Å². The smallest absolute Gasteiger partial charge is 0.322 e. The fourth-order valence-corrected chi connectivity index (χ4v) is 4.88. The molecule has 1 N–H and O–H groups in total. The van der Waals surface area contributed by atoms with Crippen LogP contribution in [0.4, 0.5) is 0 Å². The summed E-state index contributed by atoms with van der Waals surface area (Å²) in [5.41, 5.74) is 0.996. The zero-order valence-corrected chi connectivity index (χ0v) is 20.1. The minimum absolute atomic E-state index is 0.00516. The summed E-state index contributed by atoms with van der Waals surface area (Å²) in [5.74, 6) is 1.00. The maximum atomic E-state index is 12.8. The van der Waals surface area contributed by atoms with Gasteiger partial charge in [0.25, 0.3) is 0 Å². The van der Waals surface area contributed by atoms with Gasteiger partial charge in [-0.3, -0.25) is 4.57 Å². The van der Waals surface area contributed by atoms with E-state index >= 15 is 0 Å². The lowest BCUT2D eigenvalue weighted by Crippen LogP contribution is -2.29. The number of hydrogen-bond donors (Lipinski definition) is 1. The Labute approximate surface area is 201 Å². The highest BCUT2D eigenvalue weighted by atomic mass is 35.5. The third-order valence-electron chi connectivity index (χ3n) is 4.93. The van der Waals surface area contributed by atoms with Gasteiger partial charge in [0, 0.05) is 24.6 Å². The number of ether oxygens (including phenoxy) is 1. The lowest BCUT2D eigenvalue weighted by Gasteiger charge is -2.15. The van der Waals surface area contributed by atoms with Crippen molar-refractivity contribution in [2.24, 2.45) is 0 Å². The molecule has 8 nitrogen and oxygen atoms in total. The molecule has 0 saturated heterocycles. The Bertz CT molecular complexity index is 1350. The maximum absolute atomic E-state index is 12.8. The van der Waals surface area contributed by atoms with Crippen molar-refractivity contribution in [3.8, 4) is 17.4 Å². The van der Waals surface area contributed by atoms with E-state index < -0.39 is 16.1 Å². The Morgan fingerprint density at radius 2 is 1.73 bits per heavy atom. The van der Waals surface area contributed by atoms with E-state index in [9.17, 15) is 8.42 Å². The zero-order valence-electron chi connectivity index (χ0n) is 17.8. The van der Waals surface area contributed by atoms with Crippen molar-refractivity contribution in [2.75, 3.05) is 0 Å².